The minimum absolute atomic E-state index is 0.749. The van der Waals surface area contributed by atoms with Crippen molar-refractivity contribution in [3.63, 3.8) is 0 Å². The molecule has 1 aromatic rings. The van der Waals surface area contributed by atoms with Crippen molar-refractivity contribution in [3.8, 4) is 5.75 Å². The van der Waals surface area contributed by atoms with Crippen molar-refractivity contribution in [2.24, 2.45) is 0 Å². The summed E-state index contributed by atoms with van der Waals surface area (Å²) in [6.07, 6.45) is 2.40. The second kappa shape index (κ2) is 6.26. The Morgan fingerprint density at radius 1 is 1.26 bits per heavy atom. The maximum atomic E-state index is 5.85. The van der Waals surface area contributed by atoms with Gasteiger partial charge in [-0.25, -0.2) is 0 Å². The molecule has 1 saturated heterocycles. The molecule has 0 aliphatic carbocycles. The Kier molecular flexibility index (Phi) is 4.20. The average Bonchev–Trinajstić information content (AvgIpc) is 2.48. The first-order chi connectivity index (χ1) is 9.42. The number of nitrogens with zero attached hydrogens (tertiary/aromatic N) is 1. The van der Waals surface area contributed by atoms with Gasteiger partial charge in [-0.2, -0.15) is 0 Å². The van der Waals surface area contributed by atoms with E-state index < -0.39 is 0 Å². The number of hydrogen-bond acceptors (Lipinski definition) is 4. The predicted molar refractivity (Wildman–Crippen MR) is 76.0 cm³/mol. The van der Waals surface area contributed by atoms with E-state index in [1.165, 1.54) is 24.1 Å². The van der Waals surface area contributed by atoms with Crippen LogP contribution < -0.4 is 10.1 Å². The molecule has 4 nitrogen and oxygen atoms in total. The molecule has 19 heavy (non-hydrogen) atoms. The Bertz CT molecular complexity index is 417. The minimum atomic E-state index is 0.749. The normalized spacial score (nSPS) is 19.6. The number of rotatable bonds is 4. The summed E-state index contributed by atoms with van der Waals surface area (Å²) >= 11 is 0. The monoisotopic (exact) mass is 262 g/mol. The summed E-state index contributed by atoms with van der Waals surface area (Å²) in [5, 5.41) is 3.44. The lowest BCUT2D eigenvalue weighted by atomic mass is 10.0. The van der Waals surface area contributed by atoms with Gasteiger partial charge in [0.1, 0.15) is 12.4 Å². The lowest BCUT2D eigenvalue weighted by Gasteiger charge is -2.26. The zero-order valence-corrected chi connectivity index (χ0v) is 11.4. The van der Waals surface area contributed by atoms with Crippen LogP contribution in [0, 0.1) is 0 Å². The Labute approximate surface area is 114 Å². The molecule has 0 radical (unpaired) electrons. The highest BCUT2D eigenvalue weighted by Crippen LogP contribution is 2.26. The molecule has 104 valence electrons. The Morgan fingerprint density at radius 2 is 2.16 bits per heavy atom. The molecular formula is C15H22N2O2. The SMILES string of the molecule is c1cc2c(cc1OCCN1CCOCC1)NCCC2. The highest BCUT2D eigenvalue weighted by molar-refractivity contribution is 5.56. The lowest BCUT2D eigenvalue weighted by molar-refractivity contribution is 0.0322. The van der Waals surface area contributed by atoms with E-state index in [0.717, 1.165) is 51.7 Å². The van der Waals surface area contributed by atoms with Crippen LogP contribution >= 0.6 is 0 Å². The minimum Gasteiger partial charge on any atom is -0.492 e. The summed E-state index contributed by atoms with van der Waals surface area (Å²) in [4.78, 5) is 2.39. The smallest absolute Gasteiger partial charge is 0.121 e. The van der Waals surface area contributed by atoms with Gasteiger partial charge in [0.25, 0.3) is 0 Å². The number of benzene rings is 1. The molecule has 0 amide bonds. The fraction of sp³-hybridized carbons (Fsp3) is 0.600. The molecule has 2 aliphatic rings. The number of fused-ring (bicyclic) bond motifs is 1. The molecule has 0 atom stereocenters. The Morgan fingerprint density at radius 3 is 3.05 bits per heavy atom. The van der Waals surface area contributed by atoms with Gasteiger partial charge in [-0.3, -0.25) is 4.90 Å². The molecular weight excluding hydrogens is 240 g/mol. The second-order valence-corrected chi connectivity index (χ2v) is 5.15. The van der Waals surface area contributed by atoms with Gasteiger partial charge in [-0.15, -0.1) is 0 Å². The third kappa shape index (κ3) is 3.39. The third-order valence-corrected chi connectivity index (χ3v) is 3.80. The maximum Gasteiger partial charge on any atom is 0.121 e. The molecule has 4 heteroatoms. The van der Waals surface area contributed by atoms with Crippen molar-refractivity contribution >= 4 is 5.69 Å². The van der Waals surface area contributed by atoms with Crippen LogP contribution in [0.2, 0.25) is 0 Å². The molecule has 0 aromatic heterocycles. The van der Waals surface area contributed by atoms with Crippen molar-refractivity contribution in [3.05, 3.63) is 23.8 Å². The van der Waals surface area contributed by atoms with Gasteiger partial charge < -0.3 is 14.8 Å². The number of ether oxygens (including phenoxy) is 2. The molecule has 1 N–H and O–H groups in total. The summed E-state index contributed by atoms with van der Waals surface area (Å²) in [5.41, 5.74) is 2.65. The van der Waals surface area contributed by atoms with Gasteiger partial charge in [-0.05, 0) is 24.5 Å². The molecule has 0 spiro atoms. The van der Waals surface area contributed by atoms with Crippen molar-refractivity contribution in [1.29, 1.82) is 0 Å². The molecule has 2 heterocycles. The van der Waals surface area contributed by atoms with E-state index in [2.05, 4.69) is 28.4 Å². The number of aryl methyl sites for hydroxylation is 1. The van der Waals surface area contributed by atoms with Gasteiger partial charge in [-0.1, -0.05) is 6.07 Å². The van der Waals surface area contributed by atoms with E-state index in [9.17, 15) is 0 Å². The van der Waals surface area contributed by atoms with Crippen molar-refractivity contribution in [1.82, 2.24) is 4.90 Å². The van der Waals surface area contributed by atoms with Gasteiger partial charge in [0.2, 0.25) is 0 Å². The van der Waals surface area contributed by atoms with Gasteiger partial charge in [0.05, 0.1) is 13.2 Å². The van der Waals surface area contributed by atoms with Crippen LogP contribution in [0.3, 0.4) is 0 Å². The summed E-state index contributed by atoms with van der Waals surface area (Å²) in [6.45, 7) is 6.55. The van der Waals surface area contributed by atoms with E-state index in [1.807, 2.05) is 0 Å². The van der Waals surface area contributed by atoms with E-state index in [1.54, 1.807) is 0 Å². The summed E-state index contributed by atoms with van der Waals surface area (Å²) in [7, 11) is 0. The van der Waals surface area contributed by atoms with Crippen molar-refractivity contribution in [2.75, 3.05) is 51.3 Å². The van der Waals surface area contributed by atoms with Crippen LogP contribution in [0.1, 0.15) is 12.0 Å². The van der Waals surface area contributed by atoms with Crippen molar-refractivity contribution < 1.29 is 9.47 Å². The van der Waals surface area contributed by atoms with Crippen LogP contribution in [0.4, 0.5) is 5.69 Å². The number of anilines is 1. The van der Waals surface area contributed by atoms with Crippen LogP contribution in [-0.4, -0.2) is 50.9 Å². The van der Waals surface area contributed by atoms with E-state index >= 15 is 0 Å². The Hall–Kier alpha value is -1.26. The van der Waals surface area contributed by atoms with E-state index in [0.29, 0.717) is 0 Å². The standard InChI is InChI=1S/C15H22N2O2/c1-2-13-3-4-14(12-15(13)16-5-1)19-11-8-17-6-9-18-10-7-17/h3-4,12,16H,1-2,5-11H2. The molecule has 0 unspecified atom stereocenters. The average molecular weight is 262 g/mol. The summed E-state index contributed by atoms with van der Waals surface area (Å²) < 4.78 is 11.2. The molecule has 1 aromatic carbocycles. The molecule has 2 aliphatic heterocycles. The molecule has 0 bridgehead atoms. The molecule has 1 fully saturated rings. The van der Waals surface area contributed by atoms with Crippen LogP contribution in [-0.2, 0) is 11.2 Å². The summed E-state index contributed by atoms with van der Waals surface area (Å²) in [5.74, 6) is 0.974. The fourth-order valence-corrected chi connectivity index (χ4v) is 2.65. The number of nitrogens with one attached hydrogen (secondary N) is 1. The topological polar surface area (TPSA) is 33.7 Å². The Balaban J connectivity index is 1.49. The first-order valence-corrected chi connectivity index (χ1v) is 7.21. The van der Waals surface area contributed by atoms with Gasteiger partial charge in [0.15, 0.2) is 0 Å². The van der Waals surface area contributed by atoms with Gasteiger partial charge >= 0.3 is 0 Å². The largest absolute Gasteiger partial charge is 0.492 e. The quantitative estimate of drug-likeness (QED) is 0.896. The third-order valence-electron chi connectivity index (χ3n) is 3.80. The lowest BCUT2D eigenvalue weighted by Crippen LogP contribution is -2.38. The number of morpholine rings is 1. The first-order valence-electron chi connectivity index (χ1n) is 7.21. The highest BCUT2D eigenvalue weighted by Gasteiger charge is 2.11. The maximum absolute atomic E-state index is 5.85. The van der Waals surface area contributed by atoms with Crippen LogP contribution in [0.15, 0.2) is 18.2 Å². The number of hydrogen-bond donors (Lipinski definition) is 1. The first kappa shape index (κ1) is 12.8. The highest BCUT2D eigenvalue weighted by atomic mass is 16.5. The summed E-state index contributed by atoms with van der Waals surface area (Å²) in [6, 6.07) is 6.41. The zero-order valence-electron chi connectivity index (χ0n) is 11.4. The van der Waals surface area contributed by atoms with E-state index in [-0.39, 0.29) is 0 Å². The van der Waals surface area contributed by atoms with Crippen molar-refractivity contribution in [2.45, 2.75) is 12.8 Å². The second-order valence-electron chi connectivity index (χ2n) is 5.15. The van der Waals surface area contributed by atoms with Gasteiger partial charge in [0, 0.05) is 37.9 Å². The van der Waals surface area contributed by atoms with Crippen LogP contribution in [0.5, 0.6) is 5.75 Å². The molecule has 0 saturated carbocycles. The molecule has 3 rings (SSSR count). The zero-order chi connectivity index (χ0) is 12.9. The predicted octanol–water partition coefficient (Wildman–Crippen LogP) is 1.76. The fourth-order valence-electron chi connectivity index (χ4n) is 2.65. The van der Waals surface area contributed by atoms with Crippen LogP contribution in [0.25, 0.3) is 0 Å². The van der Waals surface area contributed by atoms with E-state index in [4.69, 9.17) is 9.47 Å².